The summed E-state index contributed by atoms with van der Waals surface area (Å²) in [6.07, 6.45) is 0.786. The van der Waals surface area contributed by atoms with E-state index in [2.05, 4.69) is 5.32 Å². The van der Waals surface area contributed by atoms with Gasteiger partial charge in [-0.15, -0.1) is 11.3 Å². The molecular formula is C23H33N3O2S. The lowest BCUT2D eigenvalue weighted by Crippen LogP contribution is -2.54. The van der Waals surface area contributed by atoms with Crippen LogP contribution in [0.5, 0.6) is 0 Å². The van der Waals surface area contributed by atoms with Gasteiger partial charge in [0.15, 0.2) is 0 Å². The van der Waals surface area contributed by atoms with Gasteiger partial charge in [-0.1, -0.05) is 43.3 Å². The largest absolute Gasteiger partial charge is 0.333 e. The molecule has 1 heterocycles. The van der Waals surface area contributed by atoms with Crippen molar-refractivity contribution >= 4 is 23.3 Å². The normalized spacial score (nSPS) is 12.3. The van der Waals surface area contributed by atoms with Crippen LogP contribution in [0.25, 0.3) is 0 Å². The van der Waals surface area contributed by atoms with Crippen LogP contribution >= 0.6 is 11.3 Å². The van der Waals surface area contributed by atoms with E-state index in [1.807, 2.05) is 87.4 Å². The highest BCUT2D eigenvalue weighted by atomic mass is 32.1. The van der Waals surface area contributed by atoms with Crippen LogP contribution in [0.15, 0.2) is 47.8 Å². The number of rotatable bonds is 8. The number of nitrogens with one attached hydrogen (secondary N) is 1. The molecule has 3 amide bonds. The molecule has 0 fully saturated rings. The topological polar surface area (TPSA) is 52.7 Å². The lowest BCUT2D eigenvalue weighted by atomic mass is 10.1. The van der Waals surface area contributed by atoms with Crippen LogP contribution in [0.3, 0.4) is 0 Å². The Labute approximate surface area is 178 Å². The predicted molar refractivity (Wildman–Crippen MR) is 120 cm³/mol. The molecule has 1 atom stereocenters. The first-order valence-corrected chi connectivity index (χ1v) is 11.0. The standard InChI is InChI=1S/C23H33N3O2S/c1-6-18(2)26(22(28)24-23(3,4)5)17-21(27)25(16-20-13-10-14-29-20)15-19-11-8-7-9-12-19/h7-14,18H,6,15-17H2,1-5H3,(H,24,28). The van der Waals surface area contributed by atoms with E-state index in [-0.39, 0.29) is 30.1 Å². The summed E-state index contributed by atoms with van der Waals surface area (Å²) in [6, 6.07) is 13.8. The number of carbonyl (C=O) groups excluding carboxylic acids is 2. The first-order valence-electron chi connectivity index (χ1n) is 10.1. The van der Waals surface area contributed by atoms with Crippen molar-refractivity contribution in [1.82, 2.24) is 15.1 Å². The summed E-state index contributed by atoms with van der Waals surface area (Å²) in [5.41, 5.74) is 0.721. The molecule has 5 nitrogen and oxygen atoms in total. The molecule has 2 rings (SSSR count). The Morgan fingerprint density at radius 2 is 1.76 bits per heavy atom. The number of urea groups is 1. The zero-order chi connectivity index (χ0) is 21.4. The van der Waals surface area contributed by atoms with Crippen molar-refractivity contribution in [1.29, 1.82) is 0 Å². The van der Waals surface area contributed by atoms with Crippen molar-refractivity contribution < 1.29 is 9.59 Å². The Morgan fingerprint density at radius 1 is 1.07 bits per heavy atom. The SMILES string of the molecule is CCC(C)N(CC(=O)N(Cc1ccccc1)Cc1cccs1)C(=O)NC(C)(C)C. The van der Waals surface area contributed by atoms with Crippen molar-refractivity contribution in [2.75, 3.05) is 6.54 Å². The van der Waals surface area contributed by atoms with Gasteiger partial charge < -0.3 is 15.1 Å². The summed E-state index contributed by atoms with van der Waals surface area (Å²) >= 11 is 1.64. The minimum Gasteiger partial charge on any atom is -0.333 e. The van der Waals surface area contributed by atoms with Gasteiger partial charge in [0.2, 0.25) is 5.91 Å². The molecular weight excluding hydrogens is 382 g/mol. The number of benzene rings is 1. The van der Waals surface area contributed by atoms with E-state index in [0.29, 0.717) is 13.1 Å². The third-order valence-corrected chi connectivity index (χ3v) is 5.53. The maximum atomic E-state index is 13.3. The van der Waals surface area contributed by atoms with Gasteiger partial charge in [0, 0.05) is 23.0 Å². The van der Waals surface area contributed by atoms with Crippen molar-refractivity contribution in [3.05, 3.63) is 58.3 Å². The second-order valence-corrected chi connectivity index (χ2v) is 9.41. The third kappa shape index (κ3) is 7.54. The second-order valence-electron chi connectivity index (χ2n) is 8.38. The monoisotopic (exact) mass is 415 g/mol. The van der Waals surface area contributed by atoms with Crippen LogP contribution < -0.4 is 5.32 Å². The maximum absolute atomic E-state index is 13.3. The van der Waals surface area contributed by atoms with E-state index < -0.39 is 0 Å². The van der Waals surface area contributed by atoms with E-state index in [4.69, 9.17) is 0 Å². The Kier molecular flexibility index (Phi) is 8.26. The number of hydrogen-bond donors (Lipinski definition) is 1. The highest BCUT2D eigenvalue weighted by Gasteiger charge is 2.27. The molecule has 158 valence electrons. The highest BCUT2D eigenvalue weighted by molar-refractivity contribution is 7.09. The fourth-order valence-electron chi connectivity index (χ4n) is 2.91. The number of nitrogens with zero attached hydrogens (tertiary/aromatic N) is 2. The van der Waals surface area contributed by atoms with Crippen LogP contribution in [0, 0.1) is 0 Å². The van der Waals surface area contributed by atoms with Crippen molar-refractivity contribution in [2.45, 2.75) is 65.7 Å². The van der Waals surface area contributed by atoms with Crippen LogP contribution in [-0.4, -0.2) is 39.9 Å². The fraction of sp³-hybridized carbons (Fsp3) is 0.478. The Hall–Kier alpha value is -2.34. The Morgan fingerprint density at radius 3 is 2.31 bits per heavy atom. The van der Waals surface area contributed by atoms with Gasteiger partial charge in [0.25, 0.3) is 0 Å². The average molecular weight is 416 g/mol. The summed E-state index contributed by atoms with van der Waals surface area (Å²) in [7, 11) is 0. The number of carbonyl (C=O) groups is 2. The van der Waals surface area contributed by atoms with Gasteiger partial charge in [-0.2, -0.15) is 0 Å². The molecule has 2 aromatic rings. The second kappa shape index (κ2) is 10.4. The van der Waals surface area contributed by atoms with E-state index in [1.165, 1.54) is 0 Å². The lowest BCUT2D eigenvalue weighted by Gasteiger charge is -2.33. The summed E-state index contributed by atoms with van der Waals surface area (Å²) < 4.78 is 0. The van der Waals surface area contributed by atoms with E-state index in [9.17, 15) is 9.59 Å². The van der Waals surface area contributed by atoms with Crippen LogP contribution in [0.2, 0.25) is 0 Å². The smallest absolute Gasteiger partial charge is 0.318 e. The van der Waals surface area contributed by atoms with Crippen molar-refractivity contribution in [2.24, 2.45) is 0 Å². The Balaban J connectivity index is 2.18. The summed E-state index contributed by atoms with van der Waals surface area (Å²) in [5.74, 6) is -0.0494. The van der Waals surface area contributed by atoms with Gasteiger partial charge in [-0.3, -0.25) is 4.79 Å². The van der Waals surface area contributed by atoms with Gasteiger partial charge in [0.05, 0.1) is 6.54 Å². The van der Waals surface area contributed by atoms with Gasteiger partial charge in [0.1, 0.15) is 6.54 Å². The Bertz CT molecular complexity index is 769. The zero-order valence-corrected chi connectivity index (χ0v) is 19.0. The molecule has 1 N–H and O–H groups in total. The average Bonchev–Trinajstić information content (AvgIpc) is 3.17. The quantitative estimate of drug-likeness (QED) is 0.668. The highest BCUT2D eigenvalue weighted by Crippen LogP contribution is 2.16. The van der Waals surface area contributed by atoms with Gasteiger partial charge in [-0.25, -0.2) is 4.79 Å². The summed E-state index contributed by atoms with van der Waals surface area (Å²) in [6.45, 7) is 11.0. The van der Waals surface area contributed by atoms with Crippen molar-refractivity contribution in [3.8, 4) is 0 Å². The molecule has 0 aliphatic carbocycles. The van der Waals surface area contributed by atoms with E-state index in [0.717, 1.165) is 16.9 Å². The fourth-order valence-corrected chi connectivity index (χ4v) is 3.63. The zero-order valence-electron chi connectivity index (χ0n) is 18.1. The van der Waals surface area contributed by atoms with Crippen LogP contribution in [0.4, 0.5) is 4.79 Å². The molecule has 29 heavy (non-hydrogen) atoms. The minimum absolute atomic E-state index is 0.0263. The summed E-state index contributed by atoms with van der Waals surface area (Å²) in [4.78, 5) is 30.7. The molecule has 0 spiro atoms. The number of thiophene rings is 1. The maximum Gasteiger partial charge on any atom is 0.318 e. The molecule has 0 saturated heterocycles. The lowest BCUT2D eigenvalue weighted by molar-refractivity contribution is -0.133. The molecule has 1 aromatic heterocycles. The van der Waals surface area contributed by atoms with Crippen LogP contribution in [0.1, 0.15) is 51.5 Å². The number of amides is 3. The van der Waals surface area contributed by atoms with E-state index >= 15 is 0 Å². The first-order chi connectivity index (χ1) is 13.7. The minimum atomic E-state index is -0.355. The van der Waals surface area contributed by atoms with Gasteiger partial charge in [-0.05, 0) is 51.1 Å². The van der Waals surface area contributed by atoms with E-state index in [1.54, 1.807) is 16.2 Å². The van der Waals surface area contributed by atoms with Crippen LogP contribution in [-0.2, 0) is 17.9 Å². The summed E-state index contributed by atoms with van der Waals surface area (Å²) in [5, 5.41) is 5.01. The molecule has 0 saturated carbocycles. The molecule has 0 aliphatic rings. The van der Waals surface area contributed by atoms with Crippen molar-refractivity contribution in [3.63, 3.8) is 0 Å². The molecule has 1 unspecified atom stereocenters. The molecule has 0 bridgehead atoms. The van der Waals surface area contributed by atoms with Gasteiger partial charge >= 0.3 is 6.03 Å². The molecule has 0 aliphatic heterocycles. The number of hydrogen-bond acceptors (Lipinski definition) is 3. The molecule has 1 aromatic carbocycles. The first kappa shape index (κ1) is 22.9. The predicted octanol–water partition coefficient (Wildman–Crippen LogP) is 4.89. The molecule has 6 heteroatoms. The molecule has 0 radical (unpaired) electrons. The third-order valence-electron chi connectivity index (χ3n) is 4.67.